The number of aliphatic hydroxyl groups excluding tert-OH is 1. The lowest BCUT2D eigenvalue weighted by atomic mass is 10.0. The van der Waals surface area contributed by atoms with Crippen LogP contribution in [0, 0.1) is 5.92 Å². The first-order valence-corrected chi connectivity index (χ1v) is 15.2. The highest BCUT2D eigenvalue weighted by atomic mass is 32.2. The van der Waals surface area contributed by atoms with Gasteiger partial charge in [0, 0.05) is 30.5 Å². The Kier molecular flexibility index (Phi) is 21.6. The molecule has 0 fully saturated rings. The van der Waals surface area contributed by atoms with Crippen LogP contribution in [0.5, 0.6) is 0 Å². The molecule has 0 aromatic carbocycles. The van der Waals surface area contributed by atoms with Crippen molar-refractivity contribution in [1.82, 2.24) is 4.90 Å². The Morgan fingerprint density at radius 2 is 1.66 bits per heavy atom. The summed E-state index contributed by atoms with van der Waals surface area (Å²) in [6.07, 6.45) is 10.1. The summed E-state index contributed by atoms with van der Waals surface area (Å²) in [7, 11) is 0. The Morgan fingerprint density at radius 3 is 2.22 bits per heavy atom. The van der Waals surface area contributed by atoms with Gasteiger partial charge in [-0.25, -0.2) is 0 Å². The van der Waals surface area contributed by atoms with Gasteiger partial charge in [-0.3, -0.25) is 4.79 Å². The lowest BCUT2D eigenvalue weighted by Gasteiger charge is -2.26. The van der Waals surface area contributed by atoms with E-state index in [1.165, 1.54) is 12.8 Å². The summed E-state index contributed by atoms with van der Waals surface area (Å²) >= 11 is 8.97. The minimum absolute atomic E-state index is 0.0890. The normalized spacial score (nSPS) is 14.1. The molecule has 0 saturated heterocycles. The van der Waals surface area contributed by atoms with Gasteiger partial charge in [0.2, 0.25) is 0 Å². The van der Waals surface area contributed by atoms with Crippen LogP contribution in [0.1, 0.15) is 98.8 Å². The fourth-order valence-corrected chi connectivity index (χ4v) is 5.63. The number of carbonyl (C=O) groups excluding carboxylic acids is 1. The molecule has 0 heterocycles. The third-order valence-electron chi connectivity index (χ3n) is 5.67. The maximum absolute atomic E-state index is 12.0. The number of aliphatic hydroxyl groups is 1. The van der Waals surface area contributed by atoms with E-state index >= 15 is 0 Å². The zero-order valence-electron chi connectivity index (χ0n) is 21.3. The second-order valence-corrected chi connectivity index (χ2v) is 11.8. The van der Waals surface area contributed by atoms with E-state index in [1.807, 2.05) is 0 Å². The molecule has 0 aromatic heterocycles. The molecular weight excluding hydrogens is 458 g/mol. The Labute approximate surface area is 212 Å². The van der Waals surface area contributed by atoms with Crippen molar-refractivity contribution in [3.8, 4) is 0 Å². The highest BCUT2D eigenvalue weighted by Gasteiger charge is 2.18. The average molecular weight is 508 g/mol. The number of rotatable bonds is 20. The number of thiocarbonyl (C=S) groups is 1. The van der Waals surface area contributed by atoms with Crippen molar-refractivity contribution in [2.75, 3.05) is 31.2 Å². The molecule has 1 N–H and O–H groups in total. The van der Waals surface area contributed by atoms with Gasteiger partial charge in [-0.1, -0.05) is 90.7 Å². The molecule has 0 aliphatic heterocycles. The van der Waals surface area contributed by atoms with Crippen LogP contribution < -0.4 is 0 Å². The molecule has 7 heteroatoms. The molecule has 32 heavy (non-hydrogen) atoms. The standard InChI is InChI=1S/C25H49NO3S3/c1-6-10-14-22(9-4)19-29-24(28)15-13-18-31-21(5)23(27)20-32-25(30)26(16-11-7-2)17-12-8-3/h21-23,27H,6-20H2,1-5H3/t21-,22?,23?/m1/s1. The van der Waals surface area contributed by atoms with Gasteiger partial charge < -0.3 is 14.7 Å². The van der Waals surface area contributed by atoms with Crippen LogP contribution in [-0.4, -0.2) is 62.9 Å². The number of thioether (sulfide) groups is 2. The van der Waals surface area contributed by atoms with Gasteiger partial charge in [-0.2, -0.15) is 11.8 Å². The summed E-state index contributed by atoms with van der Waals surface area (Å²) in [5.74, 6) is 1.88. The van der Waals surface area contributed by atoms with Crippen LogP contribution >= 0.6 is 35.7 Å². The van der Waals surface area contributed by atoms with Crippen LogP contribution in [0.15, 0.2) is 0 Å². The van der Waals surface area contributed by atoms with Crippen LogP contribution in [-0.2, 0) is 9.53 Å². The molecular formula is C25H49NO3S3. The maximum Gasteiger partial charge on any atom is 0.305 e. The highest BCUT2D eigenvalue weighted by Crippen LogP contribution is 2.21. The summed E-state index contributed by atoms with van der Waals surface area (Å²) in [5.41, 5.74) is 0. The molecule has 0 bridgehead atoms. The Morgan fingerprint density at radius 1 is 1.03 bits per heavy atom. The second-order valence-electron chi connectivity index (χ2n) is 8.62. The number of hydrogen-bond donors (Lipinski definition) is 1. The van der Waals surface area contributed by atoms with Gasteiger partial charge >= 0.3 is 5.97 Å². The van der Waals surface area contributed by atoms with Crippen molar-refractivity contribution in [2.24, 2.45) is 5.92 Å². The molecule has 2 unspecified atom stereocenters. The van der Waals surface area contributed by atoms with Crippen molar-refractivity contribution in [1.29, 1.82) is 0 Å². The first-order chi connectivity index (χ1) is 15.4. The molecule has 4 nitrogen and oxygen atoms in total. The zero-order chi connectivity index (χ0) is 24.2. The molecule has 190 valence electrons. The first-order valence-electron chi connectivity index (χ1n) is 12.8. The number of hydrogen-bond acceptors (Lipinski definition) is 6. The monoisotopic (exact) mass is 507 g/mol. The third kappa shape index (κ3) is 16.6. The van der Waals surface area contributed by atoms with E-state index in [9.17, 15) is 9.90 Å². The van der Waals surface area contributed by atoms with E-state index < -0.39 is 6.10 Å². The first kappa shape index (κ1) is 32.0. The Bertz CT molecular complexity index is 471. The molecule has 0 aliphatic rings. The number of carbonyl (C=O) groups is 1. The minimum Gasteiger partial charge on any atom is -0.465 e. The fraction of sp³-hybridized carbons (Fsp3) is 0.920. The van der Waals surface area contributed by atoms with Crippen molar-refractivity contribution in [3.63, 3.8) is 0 Å². The van der Waals surface area contributed by atoms with Crippen molar-refractivity contribution in [2.45, 2.75) is 110 Å². The molecule has 0 spiro atoms. The summed E-state index contributed by atoms with van der Waals surface area (Å²) in [6.45, 7) is 13.4. The molecule has 0 aromatic rings. The third-order valence-corrected chi connectivity index (χ3v) is 8.66. The van der Waals surface area contributed by atoms with Gasteiger partial charge in [0.1, 0.15) is 4.32 Å². The molecule has 0 aliphatic carbocycles. The van der Waals surface area contributed by atoms with Crippen LogP contribution in [0.3, 0.4) is 0 Å². The van der Waals surface area contributed by atoms with Gasteiger partial charge in [0.05, 0.1) is 12.7 Å². The van der Waals surface area contributed by atoms with E-state index in [4.69, 9.17) is 17.0 Å². The lowest BCUT2D eigenvalue weighted by Crippen LogP contribution is -2.31. The summed E-state index contributed by atoms with van der Waals surface area (Å²) in [4.78, 5) is 14.3. The van der Waals surface area contributed by atoms with Crippen molar-refractivity contribution in [3.05, 3.63) is 0 Å². The minimum atomic E-state index is -0.405. The average Bonchev–Trinajstić information content (AvgIpc) is 2.80. The summed E-state index contributed by atoms with van der Waals surface area (Å²) in [6, 6.07) is 0. The number of ether oxygens (including phenoxy) is 1. The van der Waals surface area contributed by atoms with Gasteiger partial charge in [-0.05, 0) is 37.4 Å². The van der Waals surface area contributed by atoms with Gasteiger partial charge in [0.15, 0.2) is 0 Å². The van der Waals surface area contributed by atoms with Crippen molar-refractivity contribution < 1.29 is 14.6 Å². The zero-order valence-corrected chi connectivity index (χ0v) is 23.7. The Hall–Kier alpha value is 0.0200. The van der Waals surface area contributed by atoms with Gasteiger partial charge in [-0.15, -0.1) is 0 Å². The van der Waals surface area contributed by atoms with E-state index in [2.05, 4.69) is 39.5 Å². The topological polar surface area (TPSA) is 49.8 Å². The Balaban J connectivity index is 4.08. The quantitative estimate of drug-likeness (QED) is 0.109. The number of esters is 1. The summed E-state index contributed by atoms with van der Waals surface area (Å²) < 4.78 is 6.38. The SMILES string of the molecule is CCCCC(CC)COC(=O)CCCS[C@H](C)C(O)CSC(=S)N(CCCC)CCCC. The molecule has 0 rings (SSSR count). The number of nitrogens with zero attached hydrogens (tertiary/aromatic N) is 1. The van der Waals surface area contributed by atoms with Crippen LogP contribution in [0.2, 0.25) is 0 Å². The van der Waals surface area contributed by atoms with E-state index in [0.717, 1.165) is 68.1 Å². The summed E-state index contributed by atoms with van der Waals surface area (Å²) in [5, 5.41) is 10.7. The lowest BCUT2D eigenvalue weighted by molar-refractivity contribution is -0.145. The van der Waals surface area contributed by atoms with E-state index in [-0.39, 0.29) is 11.2 Å². The largest absolute Gasteiger partial charge is 0.465 e. The smallest absolute Gasteiger partial charge is 0.305 e. The maximum atomic E-state index is 12.0. The molecule has 0 saturated carbocycles. The van der Waals surface area contributed by atoms with E-state index in [1.54, 1.807) is 23.5 Å². The van der Waals surface area contributed by atoms with Crippen LogP contribution in [0.25, 0.3) is 0 Å². The molecule has 0 amide bonds. The molecule has 3 atom stereocenters. The van der Waals surface area contributed by atoms with E-state index in [0.29, 0.717) is 24.7 Å². The fourth-order valence-electron chi connectivity index (χ4n) is 3.15. The highest BCUT2D eigenvalue weighted by molar-refractivity contribution is 8.22. The van der Waals surface area contributed by atoms with Crippen LogP contribution in [0.4, 0.5) is 0 Å². The van der Waals surface area contributed by atoms with Gasteiger partial charge in [0.25, 0.3) is 0 Å². The molecule has 0 radical (unpaired) electrons. The second kappa shape index (κ2) is 21.5. The predicted octanol–water partition coefficient (Wildman–Crippen LogP) is 6.93. The van der Waals surface area contributed by atoms with Crippen molar-refractivity contribution >= 4 is 46.0 Å². The predicted molar refractivity (Wildman–Crippen MR) is 148 cm³/mol. The number of unbranched alkanes of at least 4 members (excludes halogenated alkanes) is 3.